The topological polar surface area (TPSA) is 26.3 Å². The van der Waals surface area contributed by atoms with E-state index in [4.69, 9.17) is 4.74 Å². The first-order valence-electron chi connectivity index (χ1n) is 7.05. The summed E-state index contributed by atoms with van der Waals surface area (Å²) in [5.41, 5.74) is 5.72. The third-order valence-corrected chi connectivity index (χ3v) is 3.93. The molecular formula is C18H18O2. The summed E-state index contributed by atoms with van der Waals surface area (Å²) in [4.78, 5) is 12.0. The van der Waals surface area contributed by atoms with Crippen LogP contribution < -0.4 is 0 Å². The summed E-state index contributed by atoms with van der Waals surface area (Å²) in [5, 5.41) is 0. The number of hydrogen-bond acceptors (Lipinski definition) is 2. The Labute approximate surface area is 119 Å². The number of ether oxygens (including phenoxy) is 1. The summed E-state index contributed by atoms with van der Waals surface area (Å²) in [7, 11) is 1.45. The maximum Gasteiger partial charge on any atom is 0.338 e. The Morgan fingerprint density at radius 1 is 1.10 bits per heavy atom. The Kier molecular flexibility index (Phi) is 3.55. The van der Waals surface area contributed by atoms with Crippen molar-refractivity contribution in [3.05, 3.63) is 70.3 Å². The Balaban J connectivity index is 1.98. The molecule has 2 aromatic rings. The summed E-state index contributed by atoms with van der Waals surface area (Å²) in [6.45, 7) is 0. The second-order valence-corrected chi connectivity index (χ2v) is 5.29. The molecule has 20 heavy (non-hydrogen) atoms. The van der Waals surface area contributed by atoms with Crippen LogP contribution in [0.4, 0.5) is 0 Å². The minimum atomic E-state index is -0.210. The lowest BCUT2D eigenvalue weighted by Gasteiger charge is -2.10. The largest absolute Gasteiger partial charge is 0.465 e. The average molecular weight is 266 g/mol. The van der Waals surface area contributed by atoms with E-state index in [-0.39, 0.29) is 5.97 Å². The number of aryl methyl sites for hydroxylation is 1. The van der Waals surface area contributed by atoms with Gasteiger partial charge in [0, 0.05) is 0 Å². The number of rotatable bonds is 3. The van der Waals surface area contributed by atoms with E-state index in [1.807, 2.05) is 24.3 Å². The summed E-state index contributed by atoms with van der Waals surface area (Å²) in [6, 6.07) is 14.6. The fraction of sp³-hybridized carbons (Fsp3) is 0.278. The molecular weight excluding hydrogens is 248 g/mol. The van der Waals surface area contributed by atoms with Gasteiger partial charge in [0.2, 0.25) is 0 Å². The molecule has 1 aliphatic rings. The molecule has 0 bridgehead atoms. The van der Waals surface area contributed by atoms with Crippen LogP contribution in [-0.2, 0) is 24.0 Å². The smallest absolute Gasteiger partial charge is 0.338 e. The maximum absolute atomic E-state index is 12.0. The van der Waals surface area contributed by atoms with Crippen LogP contribution in [0.3, 0.4) is 0 Å². The molecule has 0 saturated heterocycles. The van der Waals surface area contributed by atoms with Gasteiger partial charge in [-0.25, -0.2) is 4.79 Å². The molecule has 0 aromatic heterocycles. The van der Waals surface area contributed by atoms with Crippen LogP contribution in [0.5, 0.6) is 0 Å². The maximum atomic E-state index is 12.0. The lowest BCUT2D eigenvalue weighted by atomic mass is 9.96. The number of methoxy groups -OCH3 is 1. The Hall–Kier alpha value is -2.09. The molecule has 102 valence electrons. The summed E-state index contributed by atoms with van der Waals surface area (Å²) in [5.74, 6) is -0.210. The molecule has 0 amide bonds. The zero-order chi connectivity index (χ0) is 13.9. The quantitative estimate of drug-likeness (QED) is 0.794. The van der Waals surface area contributed by atoms with Crippen molar-refractivity contribution in [2.75, 3.05) is 7.11 Å². The van der Waals surface area contributed by atoms with Crippen LogP contribution in [0.1, 0.15) is 39.0 Å². The third kappa shape index (κ3) is 2.46. The molecule has 0 aliphatic heterocycles. The van der Waals surface area contributed by atoms with Crippen LogP contribution in [0.15, 0.2) is 42.5 Å². The van der Waals surface area contributed by atoms with Crippen molar-refractivity contribution >= 4 is 5.97 Å². The fourth-order valence-electron chi connectivity index (χ4n) is 3.00. The van der Waals surface area contributed by atoms with E-state index in [2.05, 4.69) is 18.2 Å². The summed E-state index contributed by atoms with van der Waals surface area (Å²) in [6.07, 6.45) is 4.06. The number of fused-ring (bicyclic) bond motifs is 1. The summed E-state index contributed by atoms with van der Waals surface area (Å²) >= 11 is 0. The molecule has 0 heterocycles. The molecule has 0 saturated carbocycles. The van der Waals surface area contributed by atoms with Crippen LogP contribution in [0.2, 0.25) is 0 Å². The Bertz CT molecular complexity index is 629. The predicted octanol–water partition coefficient (Wildman–Crippen LogP) is 3.55. The minimum absolute atomic E-state index is 0.210. The van der Waals surface area contributed by atoms with Crippen molar-refractivity contribution in [2.24, 2.45) is 0 Å². The van der Waals surface area contributed by atoms with Crippen molar-refractivity contribution in [1.29, 1.82) is 0 Å². The van der Waals surface area contributed by atoms with Gasteiger partial charge < -0.3 is 4.74 Å². The highest BCUT2D eigenvalue weighted by Gasteiger charge is 2.20. The van der Waals surface area contributed by atoms with Crippen molar-refractivity contribution in [2.45, 2.75) is 25.7 Å². The number of carbonyl (C=O) groups is 1. The number of carbonyl (C=O) groups excluding carboxylic acids is 1. The van der Waals surface area contributed by atoms with Gasteiger partial charge in [0.1, 0.15) is 0 Å². The van der Waals surface area contributed by atoms with Gasteiger partial charge in [0.25, 0.3) is 0 Å². The van der Waals surface area contributed by atoms with Gasteiger partial charge >= 0.3 is 5.97 Å². The first kappa shape index (κ1) is 12.9. The van der Waals surface area contributed by atoms with E-state index in [1.165, 1.54) is 29.4 Å². The van der Waals surface area contributed by atoms with Gasteiger partial charge in [0.15, 0.2) is 0 Å². The molecule has 0 atom stereocenters. The van der Waals surface area contributed by atoms with E-state index >= 15 is 0 Å². The number of esters is 1. The molecule has 0 radical (unpaired) electrons. The molecule has 0 N–H and O–H groups in total. The number of benzene rings is 2. The lowest BCUT2D eigenvalue weighted by molar-refractivity contribution is 0.0599. The monoisotopic (exact) mass is 266 g/mol. The highest BCUT2D eigenvalue weighted by atomic mass is 16.5. The normalized spacial score (nSPS) is 13.1. The van der Waals surface area contributed by atoms with Crippen LogP contribution in [-0.4, -0.2) is 13.1 Å². The van der Waals surface area contributed by atoms with Crippen molar-refractivity contribution in [3.8, 4) is 0 Å². The highest BCUT2D eigenvalue weighted by Crippen LogP contribution is 2.28. The highest BCUT2D eigenvalue weighted by molar-refractivity contribution is 5.92. The van der Waals surface area contributed by atoms with Crippen molar-refractivity contribution in [3.63, 3.8) is 0 Å². The van der Waals surface area contributed by atoms with E-state index in [0.29, 0.717) is 0 Å². The molecule has 0 fully saturated rings. The van der Waals surface area contributed by atoms with E-state index in [9.17, 15) is 4.79 Å². The Morgan fingerprint density at radius 2 is 1.90 bits per heavy atom. The van der Waals surface area contributed by atoms with Gasteiger partial charge in [-0.15, -0.1) is 0 Å². The van der Waals surface area contributed by atoms with E-state index in [0.717, 1.165) is 31.2 Å². The molecule has 0 spiro atoms. The molecule has 2 heteroatoms. The zero-order valence-electron chi connectivity index (χ0n) is 11.7. The molecule has 1 aliphatic carbocycles. The minimum Gasteiger partial charge on any atom is -0.465 e. The zero-order valence-corrected chi connectivity index (χ0v) is 11.7. The van der Waals surface area contributed by atoms with Gasteiger partial charge in [-0.3, -0.25) is 0 Å². The molecule has 0 unspecified atom stereocenters. The molecule has 2 aromatic carbocycles. The molecule has 2 nitrogen and oxygen atoms in total. The first-order valence-corrected chi connectivity index (χ1v) is 7.05. The van der Waals surface area contributed by atoms with Gasteiger partial charge in [0.05, 0.1) is 12.7 Å². The summed E-state index contributed by atoms with van der Waals surface area (Å²) < 4.78 is 4.93. The first-order chi connectivity index (χ1) is 9.78. The van der Waals surface area contributed by atoms with Crippen LogP contribution in [0, 0.1) is 0 Å². The van der Waals surface area contributed by atoms with E-state index < -0.39 is 0 Å². The van der Waals surface area contributed by atoms with Crippen molar-refractivity contribution in [1.82, 2.24) is 0 Å². The predicted molar refractivity (Wildman–Crippen MR) is 79.1 cm³/mol. The van der Waals surface area contributed by atoms with Crippen molar-refractivity contribution < 1.29 is 9.53 Å². The molecule has 3 rings (SSSR count). The van der Waals surface area contributed by atoms with E-state index in [1.54, 1.807) is 0 Å². The fourth-order valence-corrected chi connectivity index (χ4v) is 3.00. The second-order valence-electron chi connectivity index (χ2n) is 5.29. The van der Waals surface area contributed by atoms with Crippen LogP contribution in [0.25, 0.3) is 0 Å². The van der Waals surface area contributed by atoms with Gasteiger partial charge in [-0.1, -0.05) is 36.4 Å². The average Bonchev–Trinajstić information content (AvgIpc) is 2.95. The van der Waals surface area contributed by atoms with Gasteiger partial charge in [-0.2, -0.15) is 0 Å². The Morgan fingerprint density at radius 3 is 2.65 bits per heavy atom. The van der Waals surface area contributed by atoms with Gasteiger partial charge in [-0.05, 0) is 54.0 Å². The second kappa shape index (κ2) is 5.49. The van der Waals surface area contributed by atoms with Crippen LogP contribution >= 0.6 is 0 Å². The number of hydrogen-bond donors (Lipinski definition) is 0. The SMILES string of the molecule is COC(=O)c1cc(Cc2ccccc2)cc2c1CCC2. The third-order valence-electron chi connectivity index (χ3n) is 3.93. The standard InChI is InChI=1S/C18H18O2/c1-20-18(19)17-12-14(10-13-6-3-2-4-7-13)11-15-8-5-9-16(15)17/h2-4,6-7,11-12H,5,8-10H2,1H3. The lowest BCUT2D eigenvalue weighted by Crippen LogP contribution is -2.07.